The zero-order valence-corrected chi connectivity index (χ0v) is 9.62. The van der Waals surface area contributed by atoms with Gasteiger partial charge in [0.25, 0.3) is 0 Å². The molecule has 0 bridgehead atoms. The molecule has 1 saturated carbocycles. The van der Waals surface area contributed by atoms with Crippen LogP contribution < -0.4 is 5.73 Å². The van der Waals surface area contributed by atoms with E-state index in [1.54, 1.807) is 6.07 Å². The molecule has 0 spiro atoms. The van der Waals surface area contributed by atoms with Crippen molar-refractivity contribution in [1.82, 2.24) is 0 Å². The molecule has 0 amide bonds. The molecule has 0 heterocycles. The Morgan fingerprint density at radius 1 is 1.44 bits per heavy atom. The van der Waals surface area contributed by atoms with E-state index in [-0.39, 0.29) is 16.5 Å². The van der Waals surface area contributed by atoms with Crippen LogP contribution in [-0.2, 0) is 0 Å². The van der Waals surface area contributed by atoms with Crippen molar-refractivity contribution in [3.05, 3.63) is 34.6 Å². The average Bonchev–Trinajstić information content (AvgIpc) is 2.14. The Hall–Kier alpha value is -0.640. The summed E-state index contributed by atoms with van der Waals surface area (Å²) >= 11 is 5.90. The Bertz CT molecular complexity index is 361. The summed E-state index contributed by atoms with van der Waals surface area (Å²) in [6.45, 7) is 0. The van der Waals surface area contributed by atoms with Crippen molar-refractivity contribution in [2.45, 2.75) is 31.4 Å². The Morgan fingerprint density at radius 3 is 2.62 bits per heavy atom. The van der Waals surface area contributed by atoms with Gasteiger partial charge in [0.2, 0.25) is 0 Å². The Labute approximate surface area is 99.2 Å². The SMILES string of the molecule is N[C@H](c1c(F)cccc1Cl)[C@@H](O)C1CCC1. The van der Waals surface area contributed by atoms with Gasteiger partial charge in [0.05, 0.1) is 12.1 Å². The molecular formula is C12H15ClFNO. The molecule has 1 aliphatic rings. The summed E-state index contributed by atoms with van der Waals surface area (Å²) in [6, 6.07) is 3.70. The molecule has 2 rings (SSSR count). The van der Waals surface area contributed by atoms with Crippen LogP contribution >= 0.6 is 11.6 Å². The predicted molar refractivity (Wildman–Crippen MR) is 61.7 cm³/mol. The van der Waals surface area contributed by atoms with Crippen molar-refractivity contribution in [1.29, 1.82) is 0 Å². The largest absolute Gasteiger partial charge is 0.391 e. The number of rotatable bonds is 3. The van der Waals surface area contributed by atoms with E-state index in [4.69, 9.17) is 17.3 Å². The summed E-state index contributed by atoms with van der Waals surface area (Å²) in [5.41, 5.74) is 6.10. The van der Waals surface area contributed by atoms with E-state index >= 15 is 0 Å². The maximum Gasteiger partial charge on any atom is 0.129 e. The normalized spacial score (nSPS) is 20.2. The highest BCUT2D eigenvalue weighted by Gasteiger charge is 2.32. The molecule has 2 nitrogen and oxygen atoms in total. The third kappa shape index (κ3) is 2.08. The second kappa shape index (κ2) is 4.70. The van der Waals surface area contributed by atoms with Gasteiger partial charge < -0.3 is 10.8 Å². The molecule has 0 aliphatic heterocycles. The van der Waals surface area contributed by atoms with Crippen molar-refractivity contribution < 1.29 is 9.50 Å². The van der Waals surface area contributed by atoms with E-state index in [1.165, 1.54) is 12.1 Å². The number of halogens is 2. The number of aliphatic hydroxyl groups is 1. The first-order chi connectivity index (χ1) is 7.61. The summed E-state index contributed by atoms with van der Waals surface area (Å²) in [6.07, 6.45) is 2.32. The van der Waals surface area contributed by atoms with Crippen LogP contribution in [0.2, 0.25) is 5.02 Å². The van der Waals surface area contributed by atoms with Crippen LogP contribution in [-0.4, -0.2) is 11.2 Å². The Balaban J connectivity index is 2.22. The lowest BCUT2D eigenvalue weighted by atomic mass is 9.77. The van der Waals surface area contributed by atoms with Crippen molar-refractivity contribution in [2.75, 3.05) is 0 Å². The molecule has 2 atom stereocenters. The van der Waals surface area contributed by atoms with Gasteiger partial charge in [-0.3, -0.25) is 0 Å². The predicted octanol–water partition coefficient (Wildman–Crippen LogP) is 2.64. The molecule has 88 valence electrons. The smallest absolute Gasteiger partial charge is 0.129 e. The van der Waals surface area contributed by atoms with Gasteiger partial charge in [-0.2, -0.15) is 0 Å². The molecule has 1 aromatic rings. The second-order valence-electron chi connectivity index (χ2n) is 4.34. The molecular weight excluding hydrogens is 229 g/mol. The lowest BCUT2D eigenvalue weighted by Crippen LogP contribution is -2.37. The van der Waals surface area contributed by atoms with Gasteiger partial charge in [0.1, 0.15) is 5.82 Å². The van der Waals surface area contributed by atoms with Crippen LogP contribution in [0.25, 0.3) is 0 Å². The number of hydrogen-bond donors (Lipinski definition) is 2. The van der Waals surface area contributed by atoms with Gasteiger partial charge in [-0.25, -0.2) is 4.39 Å². The summed E-state index contributed by atoms with van der Waals surface area (Å²) < 4.78 is 13.6. The fourth-order valence-electron chi connectivity index (χ4n) is 2.07. The zero-order valence-electron chi connectivity index (χ0n) is 8.87. The summed E-state index contributed by atoms with van der Waals surface area (Å²) in [5, 5.41) is 10.3. The van der Waals surface area contributed by atoms with Crippen molar-refractivity contribution >= 4 is 11.6 Å². The average molecular weight is 244 g/mol. The maximum atomic E-state index is 13.6. The standard InChI is InChI=1S/C12H15ClFNO/c13-8-5-2-6-9(14)10(8)11(15)12(16)7-3-1-4-7/h2,5-7,11-12,16H,1,3-4,15H2/t11-,12+/m1/s1. The molecule has 0 radical (unpaired) electrons. The fraction of sp³-hybridized carbons (Fsp3) is 0.500. The zero-order chi connectivity index (χ0) is 11.7. The molecule has 3 N–H and O–H groups in total. The topological polar surface area (TPSA) is 46.2 Å². The van der Waals surface area contributed by atoms with Gasteiger partial charge in [0, 0.05) is 10.6 Å². The minimum Gasteiger partial charge on any atom is -0.391 e. The van der Waals surface area contributed by atoms with E-state index in [0.29, 0.717) is 0 Å². The Morgan fingerprint density at radius 2 is 2.12 bits per heavy atom. The van der Waals surface area contributed by atoms with Gasteiger partial charge >= 0.3 is 0 Å². The van der Waals surface area contributed by atoms with Gasteiger partial charge in [-0.05, 0) is 30.9 Å². The van der Waals surface area contributed by atoms with Crippen LogP contribution in [0.15, 0.2) is 18.2 Å². The van der Waals surface area contributed by atoms with Crippen LogP contribution in [0.4, 0.5) is 4.39 Å². The second-order valence-corrected chi connectivity index (χ2v) is 4.75. The van der Waals surface area contributed by atoms with Crippen molar-refractivity contribution in [2.24, 2.45) is 11.7 Å². The van der Waals surface area contributed by atoms with E-state index in [0.717, 1.165) is 19.3 Å². The van der Waals surface area contributed by atoms with Crippen molar-refractivity contribution in [3.8, 4) is 0 Å². The molecule has 1 fully saturated rings. The minimum atomic E-state index is -0.737. The first kappa shape index (κ1) is 11.8. The molecule has 1 aliphatic carbocycles. The van der Waals surface area contributed by atoms with E-state index in [9.17, 15) is 9.50 Å². The quantitative estimate of drug-likeness (QED) is 0.857. The highest BCUT2D eigenvalue weighted by Crippen LogP contribution is 2.36. The molecule has 1 aromatic carbocycles. The number of hydrogen-bond acceptors (Lipinski definition) is 2. The third-order valence-corrected chi connectivity index (χ3v) is 3.66. The van der Waals surface area contributed by atoms with Crippen molar-refractivity contribution in [3.63, 3.8) is 0 Å². The number of aliphatic hydroxyl groups excluding tert-OH is 1. The molecule has 0 unspecified atom stereocenters. The van der Waals surface area contributed by atoms with Gasteiger partial charge in [0.15, 0.2) is 0 Å². The summed E-state index contributed by atoms with van der Waals surface area (Å²) in [5.74, 6) is -0.260. The lowest BCUT2D eigenvalue weighted by Gasteiger charge is -2.34. The highest BCUT2D eigenvalue weighted by molar-refractivity contribution is 6.31. The monoisotopic (exact) mass is 243 g/mol. The first-order valence-electron chi connectivity index (χ1n) is 5.49. The molecule has 0 aromatic heterocycles. The minimum absolute atomic E-state index is 0.186. The Kier molecular flexibility index (Phi) is 3.47. The third-order valence-electron chi connectivity index (χ3n) is 3.33. The van der Waals surface area contributed by atoms with E-state index < -0.39 is 18.0 Å². The van der Waals surface area contributed by atoms with Crippen LogP contribution in [0.3, 0.4) is 0 Å². The van der Waals surface area contributed by atoms with E-state index in [2.05, 4.69) is 0 Å². The number of benzene rings is 1. The maximum absolute atomic E-state index is 13.6. The number of nitrogens with two attached hydrogens (primary N) is 1. The fourth-order valence-corrected chi connectivity index (χ4v) is 2.36. The summed E-state index contributed by atoms with van der Waals surface area (Å²) in [4.78, 5) is 0. The highest BCUT2D eigenvalue weighted by atomic mass is 35.5. The summed E-state index contributed by atoms with van der Waals surface area (Å²) in [7, 11) is 0. The van der Waals surface area contributed by atoms with Crippen LogP contribution in [0, 0.1) is 11.7 Å². The van der Waals surface area contributed by atoms with Crippen LogP contribution in [0.1, 0.15) is 30.9 Å². The van der Waals surface area contributed by atoms with Gasteiger partial charge in [-0.1, -0.05) is 24.1 Å². The van der Waals surface area contributed by atoms with Crippen LogP contribution in [0.5, 0.6) is 0 Å². The lowest BCUT2D eigenvalue weighted by molar-refractivity contribution is 0.0405. The van der Waals surface area contributed by atoms with Gasteiger partial charge in [-0.15, -0.1) is 0 Å². The molecule has 16 heavy (non-hydrogen) atoms. The molecule has 4 heteroatoms. The molecule has 0 saturated heterocycles. The first-order valence-corrected chi connectivity index (χ1v) is 5.86. The van der Waals surface area contributed by atoms with E-state index in [1.807, 2.05) is 0 Å².